The Balaban J connectivity index is 1.12. The van der Waals surface area contributed by atoms with Gasteiger partial charge in [0.05, 0.1) is 11.1 Å². The van der Waals surface area contributed by atoms with Gasteiger partial charge in [0.25, 0.3) is 0 Å². The van der Waals surface area contributed by atoms with E-state index in [1.54, 1.807) is 0 Å². The van der Waals surface area contributed by atoms with E-state index in [4.69, 9.17) is 4.42 Å². The van der Waals surface area contributed by atoms with Gasteiger partial charge in [-0.3, -0.25) is 0 Å². The van der Waals surface area contributed by atoms with Gasteiger partial charge in [0, 0.05) is 42.3 Å². The van der Waals surface area contributed by atoms with Gasteiger partial charge in [-0.15, -0.1) is 11.3 Å². The van der Waals surface area contributed by atoms with Crippen LogP contribution in [0.2, 0.25) is 0 Å². The topological polar surface area (TPSA) is 16.4 Å². The number of rotatable bonds is 5. The summed E-state index contributed by atoms with van der Waals surface area (Å²) in [5.41, 5.74) is 9.88. The van der Waals surface area contributed by atoms with Gasteiger partial charge in [0.15, 0.2) is 0 Å². The second kappa shape index (κ2) is 11.9. The van der Waals surface area contributed by atoms with E-state index in [-0.39, 0.29) is 0 Å². The zero-order valence-corrected chi connectivity index (χ0v) is 29.5. The summed E-state index contributed by atoms with van der Waals surface area (Å²) in [5, 5.41) is 9.61. The fourth-order valence-corrected chi connectivity index (χ4v) is 9.44. The second-order valence-corrected chi connectivity index (χ2v) is 14.7. The van der Waals surface area contributed by atoms with Gasteiger partial charge in [-0.05, 0) is 86.9 Å². The number of nitrogens with zero attached hydrogens (tertiary/aromatic N) is 1. The predicted molar refractivity (Wildman–Crippen MR) is 227 cm³/mol. The molecule has 0 unspecified atom stereocenters. The summed E-state index contributed by atoms with van der Waals surface area (Å²) in [6.07, 6.45) is 0. The third-order valence-corrected chi connectivity index (χ3v) is 11.9. The number of fused-ring (bicyclic) bond motifs is 9. The smallest absolute Gasteiger partial charge is 0.143 e. The van der Waals surface area contributed by atoms with Crippen LogP contribution in [0.1, 0.15) is 0 Å². The molecular weight excluding hydrogens is 663 g/mol. The standard InChI is InChI=1S/C50H31NOS/c1-3-16-38-32(11-1)13-8-19-39(38)35-14-7-15-37(31-35)51(45-22-10-23-46-48(45)44-30-27-33-12-2-4-17-40(33)49(44)52-46)36-28-25-34(26-29-36)41-20-9-21-43-42-18-5-6-24-47(42)53-50(41)43/h1-31H. The summed E-state index contributed by atoms with van der Waals surface area (Å²) < 4.78 is 9.33. The highest BCUT2D eigenvalue weighted by molar-refractivity contribution is 7.26. The highest BCUT2D eigenvalue weighted by Crippen LogP contribution is 2.46. The maximum absolute atomic E-state index is 6.69. The van der Waals surface area contributed by atoms with E-state index in [0.29, 0.717) is 0 Å². The highest BCUT2D eigenvalue weighted by Gasteiger charge is 2.21. The minimum absolute atomic E-state index is 0.872. The van der Waals surface area contributed by atoms with Crippen molar-refractivity contribution in [2.75, 3.05) is 4.90 Å². The minimum atomic E-state index is 0.872. The molecule has 0 atom stereocenters. The fourth-order valence-electron chi connectivity index (χ4n) is 8.20. The first-order valence-electron chi connectivity index (χ1n) is 18.0. The second-order valence-electron chi connectivity index (χ2n) is 13.7. The van der Waals surface area contributed by atoms with Crippen molar-refractivity contribution in [1.82, 2.24) is 0 Å². The molecule has 0 aliphatic rings. The summed E-state index contributed by atoms with van der Waals surface area (Å²) >= 11 is 1.87. The van der Waals surface area contributed by atoms with Crippen LogP contribution in [0.5, 0.6) is 0 Å². The first-order valence-corrected chi connectivity index (χ1v) is 18.8. The molecule has 9 aromatic carbocycles. The van der Waals surface area contributed by atoms with Crippen LogP contribution in [0.25, 0.3) is 85.9 Å². The molecule has 248 valence electrons. The zero-order chi connectivity index (χ0) is 34.9. The van der Waals surface area contributed by atoms with Gasteiger partial charge in [-0.2, -0.15) is 0 Å². The molecule has 0 radical (unpaired) electrons. The molecule has 0 bridgehead atoms. The Hall–Kier alpha value is -6.68. The fraction of sp³-hybridized carbons (Fsp3) is 0. The summed E-state index contributed by atoms with van der Waals surface area (Å²) in [6, 6.07) is 67.9. The summed E-state index contributed by atoms with van der Waals surface area (Å²) in [5.74, 6) is 0. The molecule has 0 N–H and O–H groups in total. The van der Waals surface area contributed by atoms with E-state index in [9.17, 15) is 0 Å². The largest absolute Gasteiger partial charge is 0.455 e. The van der Waals surface area contributed by atoms with E-state index in [0.717, 1.165) is 44.4 Å². The monoisotopic (exact) mass is 693 g/mol. The molecule has 11 rings (SSSR count). The zero-order valence-electron chi connectivity index (χ0n) is 28.7. The number of benzene rings is 9. The lowest BCUT2D eigenvalue weighted by Gasteiger charge is -2.27. The molecule has 11 aromatic rings. The summed E-state index contributed by atoms with van der Waals surface area (Å²) in [4.78, 5) is 2.39. The summed E-state index contributed by atoms with van der Waals surface area (Å²) in [6.45, 7) is 0. The number of hydrogen-bond acceptors (Lipinski definition) is 3. The lowest BCUT2D eigenvalue weighted by atomic mass is 9.97. The normalized spacial score (nSPS) is 11.8. The van der Waals surface area contributed by atoms with Crippen LogP contribution in [0.15, 0.2) is 192 Å². The Morgan fingerprint density at radius 3 is 1.98 bits per heavy atom. The van der Waals surface area contributed by atoms with Crippen LogP contribution in [-0.4, -0.2) is 0 Å². The number of hydrogen-bond donors (Lipinski definition) is 0. The van der Waals surface area contributed by atoms with Crippen LogP contribution in [0, 0.1) is 0 Å². The van der Waals surface area contributed by atoms with E-state index in [1.165, 1.54) is 58.6 Å². The van der Waals surface area contributed by atoms with Crippen molar-refractivity contribution >= 4 is 92.1 Å². The van der Waals surface area contributed by atoms with Gasteiger partial charge in [-0.1, -0.05) is 140 Å². The molecule has 0 aliphatic carbocycles. The number of thiophene rings is 1. The third-order valence-electron chi connectivity index (χ3n) is 10.7. The molecule has 2 heterocycles. The van der Waals surface area contributed by atoms with Crippen LogP contribution in [0.3, 0.4) is 0 Å². The summed E-state index contributed by atoms with van der Waals surface area (Å²) in [7, 11) is 0. The van der Waals surface area contributed by atoms with Gasteiger partial charge < -0.3 is 9.32 Å². The SMILES string of the molecule is c1cc(-c2cccc3ccccc23)cc(N(c2ccc(-c3cccc4c3sc3ccccc34)cc2)c2cccc3oc4c5ccccc5ccc4c23)c1. The molecule has 0 fully saturated rings. The third kappa shape index (κ3) is 4.78. The Morgan fingerprint density at radius 2 is 1.09 bits per heavy atom. The van der Waals surface area contributed by atoms with Crippen molar-refractivity contribution in [2.45, 2.75) is 0 Å². The maximum atomic E-state index is 6.69. The molecular formula is C50H31NOS. The van der Waals surface area contributed by atoms with Gasteiger partial charge >= 0.3 is 0 Å². The van der Waals surface area contributed by atoms with Gasteiger partial charge in [-0.25, -0.2) is 0 Å². The van der Waals surface area contributed by atoms with Gasteiger partial charge in [0.2, 0.25) is 0 Å². The van der Waals surface area contributed by atoms with Crippen molar-refractivity contribution in [1.29, 1.82) is 0 Å². The minimum Gasteiger partial charge on any atom is -0.455 e. The molecule has 0 saturated heterocycles. The van der Waals surface area contributed by atoms with E-state index < -0.39 is 0 Å². The average molecular weight is 694 g/mol. The molecule has 53 heavy (non-hydrogen) atoms. The number of furan rings is 1. The Morgan fingerprint density at radius 1 is 0.415 bits per heavy atom. The molecule has 0 aliphatic heterocycles. The van der Waals surface area contributed by atoms with Crippen molar-refractivity contribution in [2.24, 2.45) is 0 Å². The van der Waals surface area contributed by atoms with Crippen molar-refractivity contribution < 1.29 is 4.42 Å². The van der Waals surface area contributed by atoms with Crippen LogP contribution in [-0.2, 0) is 0 Å². The van der Waals surface area contributed by atoms with Crippen LogP contribution in [0.4, 0.5) is 17.1 Å². The lowest BCUT2D eigenvalue weighted by molar-refractivity contribution is 0.672. The van der Waals surface area contributed by atoms with Crippen molar-refractivity contribution in [3.63, 3.8) is 0 Å². The maximum Gasteiger partial charge on any atom is 0.143 e. The molecule has 2 aromatic heterocycles. The van der Waals surface area contributed by atoms with Crippen LogP contribution < -0.4 is 4.90 Å². The predicted octanol–water partition coefficient (Wildman–Crippen LogP) is 15.1. The Kier molecular flexibility index (Phi) is 6.76. The Bertz CT molecular complexity index is 3180. The Labute approximate surface area is 310 Å². The van der Waals surface area contributed by atoms with Crippen LogP contribution >= 0.6 is 11.3 Å². The van der Waals surface area contributed by atoms with E-state index in [2.05, 4.69) is 193 Å². The number of anilines is 3. The first kappa shape index (κ1) is 30.0. The quantitative estimate of drug-likeness (QED) is 0.178. The lowest BCUT2D eigenvalue weighted by Crippen LogP contribution is -2.10. The molecule has 2 nitrogen and oxygen atoms in total. The van der Waals surface area contributed by atoms with Crippen molar-refractivity contribution in [3.05, 3.63) is 188 Å². The molecule has 0 saturated carbocycles. The highest BCUT2D eigenvalue weighted by atomic mass is 32.1. The first-order chi connectivity index (χ1) is 26.3. The average Bonchev–Trinajstić information content (AvgIpc) is 3.81. The van der Waals surface area contributed by atoms with Crippen molar-refractivity contribution in [3.8, 4) is 22.3 Å². The molecule has 0 amide bonds. The van der Waals surface area contributed by atoms with Gasteiger partial charge in [0.1, 0.15) is 11.2 Å². The van der Waals surface area contributed by atoms with E-state index in [1.807, 2.05) is 11.3 Å². The molecule has 3 heteroatoms. The molecule has 0 spiro atoms. The van der Waals surface area contributed by atoms with E-state index >= 15 is 0 Å².